The number of fused-ring (bicyclic) bond motifs is 1. The molecule has 3 rings (SSSR count). The number of amides is 2. The number of anilines is 2. The van der Waals surface area contributed by atoms with E-state index in [1.54, 1.807) is 45.0 Å². The third kappa shape index (κ3) is 6.29. The highest BCUT2D eigenvalue weighted by Crippen LogP contribution is 2.39. The molecule has 11 heteroatoms. The molecule has 2 N–H and O–H groups in total. The summed E-state index contributed by atoms with van der Waals surface area (Å²) in [7, 11) is -4.03. The third-order valence-electron chi connectivity index (χ3n) is 4.50. The van der Waals surface area contributed by atoms with Gasteiger partial charge in [-0.25, -0.2) is 13.2 Å². The molecule has 33 heavy (non-hydrogen) atoms. The fourth-order valence-electron chi connectivity index (χ4n) is 3.16. The number of rotatable bonds is 5. The van der Waals surface area contributed by atoms with E-state index in [9.17, 15) is 18.0 Å². The maximum atomic E-state index is 13.5. The summed E-state index contributed by atoms with van der Waals surface area (Å²) in [6.07, 6.45) is -1.30. The number of hydrogen-bond donors (Lipinski definition) is 2. The van der Waals surface area contributed by atoms with E-state index in [2.05, 4.69) is 10.6 Å². The van der Waals surface area contributed by atoms with Crippen molar-refractivity contribution in [2.75, 3.05) is 22.7 Å². The number of sulfonamides is 1. The Hall–Kier alpha value is -2.98. The average molecular weight is 496 g/mol. The molecule has 0 saturated carbocycles. The normalized spacial score (nSPS) is 15.8. The molecule has 0 radical (unpaired) electrons. The van der Waals surface area contributed by atoms with Crippen LogP contribution in [0.25, 0.3) is 0 Å². The van der Waals surface area contributed by atoms with Gasteiger partial charge in [-0.15, -0.1) is 0 Å². The molecule has 2 amide bonds. The zero-order valence-corrected chi connectivity index (χ0v) is 20.3. The molecule has 0 spiro atoms. The fourth-order valence-corrected chi connectivity index (χ4v) is 4.96. The predicted molar refractivity (Wildman–Crippen MR) is 125 cm³/mol. The van der Waals surface area contributed by atoms with E-state index in [0.717, 1.165) is 0 Å². The number of nitrogens with one attached hydrogen (secondary N) is 2. The zero-order valence-electron chi connectivity index (χ0n) is 18.7. The highest BCUT2D eigenvalue weighted by atomic mass is 35.5. The monoisotopic (exact) mass is 495 g/mol. The van der Waals surface area contributed by atoms with Crippen molar-refractivity contribution in [3.05, 3.63) is 47.5 Å². The first-order chi connectivity index (χ1) is 15.3. The lowest BCUT2D eigenvalue weighted by Crippen LogP contribution is -2.48. The van der Waals surface area contributed by atoms with E-state index in [1.807, 2.05) is 0 Å². The Morgan fingerprint density at radius 3 is 2.58 bits per heavy atom. The van der Waals surface area contributed by atoms with E-state index < -0.39 is 27.8 Å². The van der Waals surface area contributed by atoms with Gasteiger partial charge in [0, 0.05) is 17.6 Å². The first-order valence-corrected chi connectivity index (χ1v) is 12.0. The van der Waals surface area contributed by atoms with Crippen LogP contribution in [-0.4, -0.2) is 45.2 Å². The molecular formula is C22H26ClN3O6S. The Balaban J connectivity index is 1.99. The quantitative estimate of drug-likeness (QED) is 0.652. The summed E-state index contributed by atoms with van der Waals surface area (Å²) in [6, 6.07) is 10.6. The molecule has 2 aromatic rings. The minimum absolute atomic E-state index is 0.00614. The summed E-state index contributed by atoms with van der Waals surface area (Å²) in [5, 5.41) is 5.53. The van der Waals surface area contributed by atoms with Crippen molar-refractivity contribution in [3.8, 4) is 5.75 Å². The van der Waals surface area contributed by atoms with Crippen molar-refractivity contribution in [2.45, 2.75) is 44.3 Å². The number of halogens is 1. The molecule has 0 aliphatic carbocycles. The van der Waals surface area contributed by atoms with Gasteiger partial charge in [0.1, 0.15) is 17.5 Å². The molecule has 178 valence electrons. The van der Waals surface area contributed by atoms with E-state index in [1.165, 1.54) is 29.4 Å². The van der Waals surface area contributed by atoms with Crippen LogP contribution in [0.15, 0.2) is 47.4 Å². The first-order valence-electron chi connectivity index (χ1n) is 10.2. The Bertz CT molecular complexity index is 1160. The van der Waals surface area contributed by atoms with E-state index in [4.69, 9.17) is 21.1 Å². The summed E-state index contributed by atoms with van der Waals surface area (Å²) in [6.45, 7) is 6.64. The van der Waals surface area contributed by atoms with Crippen LogP contribution in [0.3, 0.4) is 0 Å². The van der Waals surface area contributed by atoms with Gasteiger partial charge in [-0.1, -0.05) is 17.7 Å². The van der Waals surface area contributed by atoms with Gasteiger partial charge in [-0.3, -0.25) is 14.4 Å². The van der Waals surface area contributed by atoms with Gasteiger partial charge in [0.25, 0.3) is 10.0 Å². The Labute approximate surface area is 198 Å². The molecular weight excluding hydrogens is 470 g/mol. The van der Waals surface area contributed by atoms with Crippen LogP contribution in [0.4, 0.5) is 16.2 Å². The number of ether oxygens (including phenoxy) is 2. The first kappa shape index (κ1) is 24.7. The van der Waals surface area contributed by atoms with E-state index in [0.29, 0.717) is 5.69 Å². The van der Waals surface area contributed by atoms with Crippen LogP contribution in [0.1, 0.15) is 27.7 Å². The van der Waals surface area contributed by atoms with Gasteiger partial charge in [0.2, 0.25) is 5.91 Å². The van der Waals surface area contributed by atoms with Crippen molar-refractivity contribution in [2.24, 2.45) is 0 Å². The van der Waals surface area contributed by atoms with Crippen molar-refractivity contribution < 1.29 is 27.5 Å². The third-order valence-corrected chi connectivity index (χ3v) is 6.51. The molecule has 0 aromatic heterocycles. The molecule has 1 atom stereocenters. The van der Waals surface area contributed by atoms with Gasteiger partial charge >= 0.3 is 6.09 Å². The van der Waals surface area contributed by atoms with Crippen molar-refractivity contribution in [3.63, 3.8) is 0 Å². The second-order valence-corrected chi connectivity index (χ2v) is 10.8. The largest absolute Gasteiger partial charge is 0.484 e. The Morgan fingerprint density at radius 2 is 1.94 bits per heavy atom. The maximum absolute atomic E-state index is 13.5. The number of carbonyl (C=O) groups excluding carboxylic acids is 2. The maximum Gasteiger partial charge on any atom is 0.412 e. The van der Waals surface area contributed by atoms with Gasteiger partial charge < -0.3 is 14.8 Å². The zero-order chi connectivity index (χ0) is 24.4. The Kier molecular flexibility index (Phi) is 7.08. The van der Waals surface area contributed by atoms with Crippen LogP contribution < -0.4 is 19.7 Å². The molecule has 0 bridgehead atoms. The minimum atomic E-state index is -4.03. The van der Waals surface area contributed by atoms with Crippen molar-refractivity contribution >= 4 is 45.0 Å². The number of hydrogen-bond acceptors (Lipinski definition) is 6. The molecule has 1 heterocycles. The lowest BCUT2D eigenvalue weighted by atomic mass is 10.2. The van der Waals surface area contributed by atoms with Gasteiger partial charge in [-0.05, 0) is 57.2 Å². The van der Waals surface area contributed by atoms with Crippen LogP contribution in [-0.2, 0) is 19.6 Å². The van der Waals surface area contributed by atoms with Crippen LogP contribution in [0, 0.1) is 0 Å². The molecule has 2 aromatic carbocycles. The summed E-state index contributed by atoms with van der Waals surface area (Å²) < 4.78 is 39.4. The molecule has 9 nitrogen and oxygen atoms in total. The second kappa shape index (κ2) is 9.48. The SMILES string of the molecule is CC(=O)NCC1CN(S(=O)(=O)c2cccc(Cl)c2)c2cc(NC(=O)OC(C)(C)C)ccc2O1. The van der Waals surface area contributed by atoms with Crippen LogP contribution in [0.5, 0.6) is 5.75 Å². The standard InChI is InChI=1S/C22H26ClN3O6S/c1-14(27)24-12-17-13-26(33(29,30)18-7-5-6-15(23)10-18)19-11-16(8-9-20(19)31-17)25-21(28)32-22(2,3)4/h5-11,17H,12-13H2,1-4H3,(H,24,27)(H,25,28). The summed E-state index contributed by atoms with van der Waals surface area (Å²) in [5.74, 6) is 0.0301. The summed E-state index contributed by atoms with van der Waals surface area (Å²) in [4.78, 5) is 23.5. The minimum Gasteiger partial charge on any atom is -0.484 e. The average Bonchev–Trinajstić information content (AvgIpc) is 2.70. The van der Waals surface area contributed by atoms with Crippen molar-refractivity contribution in [1.29, 1.82) is 0 Å². The molecule has 0 saturated heterocycles. The molecule has 1 unspecified atom stereocenters. The predicted octanol–water partition coefficient (Wildman–Crippen LogP) is 3.78. The van der Waals surface area contributed by atoms with Gasteiger partial charge in [0.15, 0.2) is 0 Å². The second-order valence-electron chi connectivity index (χ2n) is 8.48. The summed E-state index contributed by atoms with van der Waals surface area (Å²) in [5.41, 5.74) is -0.124. The van der Waals surface area contributed by atoms with E-state index in [-0.39, 0.29) is 40.4 Å². The van der Waals surface area contributed by atoms with Gasteiger partial charge in [0.05, 0.1) is 23.7 Å². The van der Waals surface area contributed by atoms with Crippen molar-refractivity contribution in [1.82, 2.24) is 5.32 Å². The fraction of sp³-hybridized carbons (Fsp3) is 0.364. The molecule has 1 aliphatic rings. The lowest BCUT2D eigenvalue weighted by molar-refractivity contribution is -0.119. The Morgan fingerprint density at radius 1 is 1.21 bits per heavy atom. The van der Waals surface area contributed by atoms with E-state index >= 15 is 0 Å². The number of nitrogens with zero attached hydrogens (tertiary/aromatic N) is 1. The van der Waals surface area contributed by atoms with Crippen LogP contribution in [0.2, 0.25) is 5.02 Å². The number of carbonyl (C=O) groups is 2. The smallest absolute Gasteiger partial charge is 0.412 e. The highest BCUT2D eigenvalue weighted by Gasteiger charge is 2.35. The number of benzene rings is 2. The van der Waals surface area contributed by atoms with Crippen LogP contribution >= 0.6 is 11.6 Å². The lowest BCUT2D eigenvalue weighted by Gasteiger charge is -2.35. The topological polar surface area (TPSA) is 114 Å². The summed E-state index contributed by atoms with van der Waals surface area (Å²) >= 11 is 6.02. The van der Waals surface area contributed by atoms with Gasteiger partial charge in [-0.2, -0.15) is 0 Å². The molecule has 1 aliphatic heterocycles. The molecule has 0 fully saturated rings. The highest BCUT2D eigenvalue weighted by molar-refractivity contribution is 7.92.